The summed E-state index contributed by atoms with van der Waals surface area (Å²) >= 11 is 0. The fourth-order valence-corrected chi connectivity index (χ4v) is 4.59. The lowest BCUT2D eigenvalue weighted by molar-refractivity contribution is -0.140. The number of hydrogen-bond acceptors (Lipinski definition) is 6. The topological polar surface area (TPSA) is 105 Å². The van der Waals surface area contributed by atoms with Gasteiger partial charge in [0, 0.05) is 13.1 Å². The number of carbonyl (C=O) groups is 2. The Morgan fingerprint density at radius 1 is 1.03 bits per heavy atom. The normalized spacial score (nSPS) is 12.1. The molecule has 0 saturated carbocycles. The number of sulfonamides is 1. The Bertz CT molecular complexity index is 1140. The van der Waals surface area contributed by atoms with E-state index in [0.717, 1.165) is 16.1 Å². The van der Waals surface area contributed by atoms with Crippen LogP contribution in [0.15, 0.2) is 48.5 Å². The summed E-state index contributed by atoms with van der Waals surface area (Å²) in [5.41, 5.74) is 0.996. The van der Waals surface area contributed by atoms with Crippen molar-refractivity contribution >= 4 is 27.5 Å². The van der Waals surface area contributed by atoms with Crippen molar-refractivity contribution in [1.29, 1.82) is 0 Å². The smallest absolute Gasteiger partial charge is 0.244 e. The zero-order chi connectivity index (χ0) is 26.9. The molecule has 0 radical (unpaired) electrons. The van der Waals surface area contributed by atoms with Crippen molar-refractivity contribution in [3.8, 4) is 11.5 Å². The summed E-state index contributed by atoms with van der Waals surface area (Å²) in [6, 6.07) is 13.0. The molecule has 0 saturated heterocycles. The van der Waals surface area contributed by atoms with Crippen LogP contribution in [-0.4, -0.2) is 64.7 Å². The van der Waals surface area contributed by atoms with E-state index >= 15 is 0 Å². The third kappa shape index (κ3) is 7.87. The van der Waals surface area contributed by atoms with E-state index in [4.69, 9.17) is 9.47 Å². The van der Waals surface area contributed by atoms with Gasteiger partial charge in [0.25, 0.3) is 0 Å². The molecule has 36 heavy (non-hydrogen) atoms. The summed E-state index contributed by atoms with van der Waals surface area (Å²) in [5, 5.41) is 2.90. The highest BCUT2D eigenvalue weighted by Gasteiger charge is 2.32. The lowest BCUT2D eigenvalue weighted by Crippen LogP contribution is -2.52. The van der Waals surface area contributed by atoms with Crippen molar-refractivity contribution in [3.05, 3.63) is 54.1 Å². The lowest BCUT2D eigenvalue weighted by Gasteiger charge is -2.33. The molecule has 10 heteroatoms. The van der Waals surface area contributed by atoms with Gasteiger partial charge in [-0.3, -0.25) is 13.9 Å². The van der Waals surface area contributed by atoms with Gasteiger partial charge < -0.3 is 19.7 Å². The van der Waals surface area contributed by atoms with Crippen molar-refractivity contribution in [3.63, 3.8) is 0 Å². The predicted molar refractivity (Wildman–Crippen MR) is 141 cm³/mol. The Kier molecular flexibility index (Phi) is 10.6. The Hall–Kier alpha value is -3.27. The molecular formula is C26H37N3O6S. The lowest BCUT2D eigenvalue weighted by atomic mass is 10.1. The number of rotatable bonds is 13. The minimum absolute atomic E-state index is 0.104. The van der Waals surface area contributed by atoms with Crippen molar-refractivity contribution in [2.24, 2.45) is 5.92 Å². The molecule has 0 aliphatic rings. The zero-order valence-corrected chi connectivity index (χ0v) is 22.7. The second kappa shape index (κ2) is 13.2. The average molecular weight is 520 g/mol. The second-order valence-corrected chi connectivity index (χ2v) is 10.8. The number of para-hydroxylation sites is 2. The van der Waals surface area contributed by atoms with Crippen molar-refractivity contribution in [2.75, 3.05) is 37.9 Å². The summed E-state index contributed by atoms with van der Waals surface area (Å²) in [6.45, 7) is 5.87. The maximum Gasteiger partial charge on any atom is 0.244 e. The van der Waals surface area contributed by atoms with Gasteiger partial charge in [-0.1, -0.05) is 45.0 Å². The van der Waals surface area contributed by atoms with E-state index in [1.54, 1.807) is 49.6 Å². The van der Waals surface area contributed by atoms with Gasteiger partial charge in [-0.05, 0) is 42.2 Å². The zero-order valence-electron chi connectivity index (χ0n) is 21.9. The minimum atomic E-state index is -3.85. The molecule has 0 aliphatic heterocycles. The first-order valence-corrected chi connectivity index (χ1v) is 13.7. The van der Waals surface area contributed by atoms with Crippen LogP contribution in [0, 0.1) is 5.92 Å². The average Bonchev–Trinajstić information content (AvgIpc) is 2.85. The molecule has 0 bridgehead atoms. The summed E-state index contributed by atoms with van der Waals surface area (Å²) < 4.78 is 37.2. The number of hydrogen-bond donors (Lipinski definition) is 1. The van der Waals surface area contributed by atoms with Crippen LogP contribution >= 0.6 is 0 Å². The Balaban J connectivity index is 2.47. The summed E-state index contributed by atoms with van der Waals surface area (Å²) in [5.74, 6) is 0.368. The number of carbonyl (C=O) groups excluding carboxylic acids is 2. The van der Waals surface area contributed by atoms with Crippen LogP contribution < -0.4 is 19.1 Å². The number of methoxy groups -OCH3 is 2. The van der Waals surface area contributed by atoms with E-state index < -0.39 is 28.5 Å². The van der Waals surface area contributed by atoms with Crippen molar-refractivity contribution in [2.45, 2.75) is 39.8 Å². The largest absolute Gasteiger partial charge is 0.497 e. The van der Waals surface area contributed by atoms with E-state index in [-0.39, 0.29) is 24.1 Å². The first-order chi connectivity index (χ1) is 17.0. The molecule has 0 aliphatic carbocycles. The SMILES string of the molecule is CC[C@H](C(=O)NCC(C)C)N(Cc1cccc(OC)c1)C(=O)CN(c1ccccc1OC)S(C)(=O)=O. The van der Waals surface area contributed by atoms with Crippen LogP contribution in [0.4, 0.5) is 5.69 Å². The summed E-state index contributed by atoms with van der Waals surface area (Å²) in [6.07, 6.45) is 1.39. The van der Waals surface area contributed by atoms with Crippen LogP contribution in [-0.2, 0) is 26.2 Å². The second-order valence-electron chi connectivity index (χ2n) is 8.88. The summed E-state index contributed by atoms with van der Waals surface area (Å²) in [4.78, 5) is 28.3. The molecule has 0 spiro atoms. The first-order valence-electron chi connectivity index (χ1n) is 11.8. The van der Waals surface area contributed by atoms with Gasteiger partial charge in [-0.25, -0.2) is 8.42 Å². The number of anilines is 1. The van der Waals surface area contributed by atoms with Crippen LogP contribution in [0.3, 0.4) is 0 Å². The van der Waals surface area contributed by atoms with Gasteiger partial charge in [-0.15, -0.1) is 0 Å². The Morgan fingerprint density at radius 2 is 1.72 bits per heavy atom. The standard InChI is InChI=1S/C26H37N3O6S/c1-7-22(26(31)27-16-19(2)3)28(17-20-11-10-12-21(15-20)34-4)25(30)18-29(36(6,32)33)23-13-8-9-14-24(23)35-5/h8-15,19,22H,7,16-18H2,1-6H3,(H,27,31)/t22-/m1/s1. The Morgan fingerprint density at radius 3 is 2.31 bits per heavy atom. The highest BCUT2D eigenvalue weighted by molar-refractivity contribution is 7.92. The number of ether oxygens (including phenoxy) is 2. The molecule has 198 valence electrons. The van der Waals surface area contributed by atoms with Crippen molar-refractivity contribution in [1.82, 2.24) is 10.2 Å². The molecule has 9 nitrogen and oxygen atoms in total. The van der Waals surface area contributed by atoms with E-state index in [2.05, 4.69) is 5.32 Å². The molecule has 0 fully saturated rings. The molecule has 0 unspecified atom stereocenters. The number of benzene rings is 2. The van der Waals surface area contributed by atoms with Crippen LogP contribution in [0.1, 0.15) is 32.8 Å². The molecule has 2 amide bonds. The number of amides is 2. The maximum atomic E-state index is 13.7. The van der Waals surface area contributed by atoms with Gasteiger partial charge in [0.1, 0.15) is 24.1 Å². The molecule has 2 aromatic rings. The highest BCUT2D eigenvalue weighted by Crippen LogP contribution is 2.30. The number of nitrogens with zero attached hydrogens (tertiary/aromatic N) is 2. The quantitative estimate of drug-likeness (QED) is 0.436. The molecule has 2 aromatic carbocycles. The van der Waals surface area contributed by atoms with Crippen molar-refractivity contribution < 1.29 is 27.5 Å². The highest BCUT2D eigenvalue weighted by atomic mass is 32.2. The van der Waals surface area contributed by atoms with Gasteiger partial charge in [0.05, 0.1) is 26.2 Å². The molecule has 1 N–H and O–H groups in total. The first kappa shape index (κ1) is 29.0. The predicted octanol–water partition coefficient (Wildman–Crippen LogP) is 3.05. The van der Waals surface area contributed by atoms with Gasteiger partial charge in [-0.2, -0.15) is 0 Å². The van der Waals surface area contributed by atoms with E-state index in [0.29, 0.717) is 24.5 Å². The molecule has 0 aromatic heterocycles. The molecular weight excluding hydrogens is 482 g/mol. The fourth-order valence-electron chi connectivity index (χ4n) is 3.74. The minimum Gasteiger partial charge on any atom is -0.497 e. The van der Waals surface area contributed by atoms with E-state index in [1.807, 2.05) is 26.8 Å². The van der Waals surface area contributed by atoms with Gasteiger partial charge in [0.2, 0.25) is 21.8 Å². The Labute approximate surface area is 214 Å². The third-order valence-electron chi connectivity index (χ3n) is 5.59. The van der Waals surface area contributed by atoms with Crippen LogP contribution in [0.2, 0.25) is 0 Å². The van der Waals surface area contributed by atoms with Gasteiger partial charge >= 0.3 is 0 Å². The molecule has 0 heterocycles. The van der Waals surface area contributed by atoms with Gasteiger partial charge in [0.15, 0.2) is 0 Å². The summed E-state index contributed by atoms with van der Waals surface area (Å²) in [7, 11) is -0.870. The molecule has 2 rings (SSSR count). The van der Waals surface area contributed by atoms with E-state index in [1.165, 1.54) is 12.0 Å². The molecule has 1 atom stereocenters. The monoisotopic (exact) mass is 519 g/mol. The van der Waals surface area contributed by atoms with E-state index in [9.17, 15) is 18.0 Å². The fraction of sp³-hybridized carbons (Fsp3) is 0.462. The maximum absolute atomic E-state index is 13.7. The van der Waals surface area contributed by atoms with Crippen LogP contribution in [0.25, 0.3) is 0 Å². The van der Waals surface area contributed by atoms with Crippen LogP contribution in [0.5, 0.6) is 11.5 Å². The number of nitrogens with one attached hydrogen (secondary N) is 1. The third-order valence-corrected chi connectivity index (χ3v) is 6.72.